The molecule has 0 spiro atoms. The highest BCUT2D eigenvalue weighted by molar-refractivity contribution is 6.30. The van der Waals surface area contributed by atoms with Crippen molar-refractivity contribution in [1.29, 1.82) is 0 Å². The molecule has 0 unspecified atom stereocenters. The fourth-order valence-corrected chi connectivity index (χ4v) is 2.34. The molecule has 6 nitrogen and oxygen atoms in total. The summed E-state index contributed by atoms with van der Waals surface area (Å²) < 4.78 is 13.7. The molecule has 1 aliphatic carbocycles. The van der Waals surface area contributed by atoms with Gasteiger partial charge in [-0.1, -0.05) is 11.6 Å². The molecule has 0 aromatic heterocycles. The van der Waals surface area contributed by atoms with Gasteiger partial charge in [0.15, 0.2) is 0 Å². The van der Waals surface area contributed by atoms with Crippen LogP contribution in [-0.4, -0.2) is 16.9 Å². The minimum Gasteiger partial charge on any atom is -0.377 e. The summed E-state index contributed by atoms with van der Waals surface area (Å²) in [4.78, 5) is 22.9. The van der Waals surface area contributed by atoms with Gasteiger partial charge in [-0.3, -0.25) is 14.9 Å². The Morgan fingerprint density at radius 2 is 1.92 bits per heavy atom. The molecule has 2 aromatic carbocycles. The Morgan fingerprint density at radius 3 is 2.54 bits per heavy atom. The van der Waals surface area contributed by atoms with Crippen molar-refractivity contribution in [2.24, 2.45) is 0 Å². The molecule has 24 heavy (non-hydrogen) atoms. The first-order valence-corrected chi connectivity index (χ1v) is 7.63. The summed E-state index contributed by atoms with van der Waals surface area (Å²) >= 11 is 5.66. The van der Waals surface area contributed by atoms with E-state index in [-0.39, 0.29) is 28.0 Å². The quantitative estimate of drug-likeness (QED) is 0.625. The third kappa shape index (κ3) is 3.62. The molecule has 1 amide bonds. The molecule has 124 valence electrons. The molecule has 0 heterocycles. The Balaban J connectivity index is 1.83. The van der Waals surface area contributed by atoms with Crippen molar-refractivity contribution in [2.75, 3.05) is 10.6 Å². The standard InChI is InChI=1S/C16H13ClFN3O3/c17-10-2-6-13(12(18)8-10)20-16(22)9-1-5-14(19-11-3-4-11)15(7-9)21(23)24/h1-2,5-8,11,19H,3-4H2,(H,20,22). The van der Waals surface area contributed by atoms with Gasteiger partial charge in [-0.05, 0) is 43.2 Å². The molecule has 0 atom stereocenters. The highest BCUT2D eigenvalue weighted by Gasteiger charge is 2.25. The van der Waals surface area contributed by atoms with E-state index in [4.69, 9.17) is 11.6 Å². The van der Waals surface area contributed by atoms with Crippen LogP contribution >= 0.6 is 11.6 Å². The van der Waals surface area contributed by atoms with Crippen molar-refractivity contribution < 1.29 is 14.1 Å². The van der Waals surface area contributed by atoms with Crippen molar-refractivity contribution in [1.82, 2.24) is 0 Å². The third-order valence-corrected chi connectivity index (χ3v) is 3.81. The van der Waals surface area contributed by atoms with Gasteiger partial charge in [0.2, 0.25) is 0 Å². The second-order valence-corrected chi connectivity index (χ2v) is 5.92. The first-order chi connectivity index (χ1) is 11.4. The maximum Gasteiger partial charge on any atom is 0.293 e. The van der Waals surface area contributed by atoms with E-state index in [2.05, 4.69) is 10.6 Å². The van der Waals surface area contributed by atoms with Crippen LogP contribution in [0.4, 0.5) is 21.5 Å². The number of nitrogens with one attached hydrogen (secondary N) is 2. The van der Waals surface area contributed by atoms with Crippen LogP contribution in [0.3, 0.4) is 0 Å². The molecule has 1 aliphatic rings. The van der Waals surface area contributed by atoms with Gasteiger partial charge in [-0.25, -0.2) is 4.39 Å². The maximum absolute atomic E-state index is 13.7. The number of rotatable bonds is 5. The molecule has 1 fully saturated rings. The van der Waals surface area contributed by atoms with E-state index in [1.807, 2.05) is 0 Å². The summed E-state index contributed by atoms with van der Waals surface area (Å²) in [6.07, 6.45) is 1.93. The molecule has 0 saturated heterocycles. The summed E-state index contributed by atoms with van der Waals surface area (Å²) in [5.74, 6) is -1.32. The highest BCUT2D eigenvalue weighted by Crippen LogP contribution is 2.31. The van der Waals surface area contributed by atoms with E-state index in [0.29, 0.717) is 5.69 Å². The lowest BCUT2D eigenvalue weighted by Gasteiger charge is -2.09. The van der Waals surface area contributed by atoms with Gasteiger partial charge in [0.25, 0.3) is 11.6 Å². The zero-order valence-electron chi connectivity index (χ0n) is 12.4. The molecule has 1 saturated carbocycles. The molecule has 0 radical (unpaired) electrons. The highest BCUT2D eigenvalue weighted by atomic mass is 35.5. The molecule has 2 N–H and O–H groups in total. The summed E-state index contributed by atoms with van der Waals surface area (Å²) in [6, 6.07) is 8.20. The Kier molecular flexibility index (Phi) is 4.35. The Morgan fingerprint density at radius 1 is 1.21 bits per heavy atom. The molecular formula is C16H13ClFN3O3. The van der Waals surface area contributed by atoms with Gasteiger partial charge < -0.3 is 10.6 Å². The average Bonchev–Trinajstić information content (AvgIpc) is 3.34. The van der Waals surface area contributed by atoms with E-state index in [1.165, 1.54) is 30.3 Å². The van der Waals surface area contributed by atoms with Crippen LogP contribution in [0.5, 0.6) is 0 Å². The first kappa shape index (κ1) is 16.2. The Labute approximate surface area is 141 Å². The number of carbonyl (C=O) groups excluding carboxylic acids is 1. The predicted molar refractivity (Wildman–Crippen MR) is 89.1 cm³/mol. The molecular weight excluding hydrogens is 337 g/mol. The topological polar surface area (TPSA) is 84.3 Å². The number of amides is 1. The number of carbonyl (C=O) groups is 1. The van der Waals surface area contributed by atoms with Gasteiger partial charge in [0, 0.05) is 22.7 Å². The smallest absolute Gasteiger partial charge is 0.293 e. The van der Waals surface area contributed by atoms with Crippen LogP contribution in [-0.2, 0) is 0 Å². The predicted octanol–water partition coefficient (Wildman–Crippen LogP) is 4.21. The lowest BCUT2D eigenvalue weighted by molar-refractivity contribution is -0.384. The largest absolute Gasteiger partial charge is 0.377 e. The third-order valence-electron chi connectivity index (χ3n) is 3.57. The lowest BCUT2D eigenvalue weighted by atomic mass is 10.1. The maximum atomic E-state index is 13.7. The SMILES string of the molecule is O=C(Nc1ccc(Cl)cc1F)c1ccc(NC2CC2)c([N+](=O)[O-])c1. The van der Waals surface area contributed by atoms with Crippen LogP contribution in [0.25, 0.3) is 0 Å². The van der Waals surface area contributed by atoms with E-state index < -0.39 is 16.6 Å². The van der Waals surface area contributed by atoms with Crippen molar-refractivity contribution in [3.05, 3.63) is 62.9 Å². The summed E-state index contributed by atoms with van der Waals surface area (Å²) in [7, 11) is 0. The van der Waals surface area contributed by atoms with Crippen molar-refractivity contribution >= 4 is 34.6 Å². The lowest BCUT2D eigenvalue weighted by Crippen LogP contribution is -2.14. The van der Waals surface area contributed by atoms with Crippen molar-refractivity contribution in [2.45, 2.75) is 18.9 Å². The minimum atomic E-state index is -0.683. The zero-order valence-corrected chi connectivity index (χ0v) is 13.1. The van der Waals surface area contributed by atoms with Gasteiger partial charge in [0.05, 0.1) is 10.6 Å². The van der Waals surface area contributed by atoms with E-state index >= 15 is 0 Å². The van der Waals surface area contributed by atoms with Crippen LogP contribution in [0.2, 0.25) is 5.02 Å². The van der Waals surface area contributed by atoms with Gasteiger partial charge >= 0.3 is 0 Å². The molecule has 0 aliphatic heterocycles. The molecule has 8 heteroatoms. The molecule has 3 rings (SSSR count). The van der Waals surface area contributed by atoms with Crippen molar-refractivity contribution in [3.8, 4) is 0 Å². The number of nitro groups is 1. The zero-order chi connectivity index (χ0) is 17.3. The first-order valence-electron chi connectivity index (χ1n) is 7.25. The molecule has 0 bridgehead atoms. The second-order valence-electron chi connectivity index (χ2n) is 5.49. The normalized spacial score (nSPS) is 13.4. The van der Waals surface area contributed by atoms with Crippen molar-refractivity contribution in [3.63, 3.8) is 0 Å². The monoisotopic (exact) mass is 349 g/mol. The van der Waals surface area contributed by atoms with Gasteiger partial charge in [-0.2, -0.15) is 0 Å². The second kappa shape index (κ2) is 6.45. The summed E-state index contributed by atoms with van der Waals surface area (Å²) in [5.41, 5.74) is 0.201. The van der Waals surface area contributed by atoms with Gasteiger partial charge in [0.1, 0.15) is 11.5 Å². The van der Waals surface area contributed by atoms with E-state index in [0.717, 1.165) is 18.9 Å². The number of anilines is 2. The number of nitrogens with zero attached hydrogens (tertiary/aromatic N) is 1. The number of nitro benzene ring substituents is 1. The van der Waals surface area contributed by atoms with E-state index in [1.54, 1.807) is 0 Å². The number of hydrogen-bond acceptors (Lipinski definition) is 4. The van der Waals surface area contributed by atoms with Gasteiger partial charge in [-0.15, -0.1) is 0 Å². The summed E-state index contributed by atoms with van der Waals surface area (Å²) in [6.45, 7) is 0. The Hall–Kier alpha value is -2.67. The number of halogens is 2. The minimum absolute atomic E-state index is 0.0489. The van der Waals surface area contributed by atoms with Crippen LogP contribution in [0.1, 0.15) is 23.2 Å². The fraction of sp³-hybridized carbons (Fsp3) is 0.188. The van der Waals surface area contributed by atoms with Crippen LogP contribution in [0.15, 0.2) is 36.4 Å². The average molecular weight is 350 g/mol. The van der Waals surface area contributed by atoms with E-state index in [9.17, 15) is 19.3 Å². The Bertz CT molecular complexity index is 824. The number of benzene rings is 2. The fourth-order valence-electron chi connectivity index (χ4n) is 2.18. The molecule has 2 aromatic rings. The number of hydrogen-bond donors (Lipinski definition) is 2. The van der Waals surface area contributed by atoms with Crippen LogP contribution < -0.4 is 10.6 Å². The summed E-state index contributed by atoms with van der Waals surface area (Å²) in [5, 5.41) is 16.8. The van der Waals surface area contributed by atoms with Crippen LogP contribution in [0, 0.1) is 15.9 Å².